The molecular weight excluding hydrogens is 238 g/mol. The van der Waals surface area contributed by atoms with Crippen molar-refractivity contribution in [1.29, 1.82) is 5.26 Å². The second-order valence-corrected chi connectivity index (χ2v) is 5.52. The minimum Gasteiger partial charge on any atom is -0.383 e. The molecule has 4 heteroatoms. The third-order valence-corrected chi connectivity index (χ3v) is 3.79. The van der Waals surface area contributed by atoms with E-state index in [1.807, 2.05) is 13.8 Å². The van der Waals surface area contributed by atoms with Crippen molar-refractivity contribution in [2.75, 3.05) is 26.8 Å². The van der Waals surface area contributed by atoms with Gasteiger partial charge in [-0.3, -0.25) is 10.2 Å². The Balaban J connectivity index is 4.70. The van der Waals surface area contributed by atoms with Gasteiger partial charge < -0.3 is 4.74 Å². The highest BCUT2D eigenvalue weighted by atomic mass is 16.5. The van der Waals surface area contributed by atoms with Gasteiger partial charge in [-0.15, -0.1) is 0 Å². The maximum atomic E-state index is 9.36. The topological polar surface area (TPSA) is 48.3 Å². The van der Waals surface area contributed by atoms with Gasteiger partial charge in [0.05, 0.1) is 12.7 Å². The van der Waals surface area contributed by atoms with Gasteiger partial charge >= 0.3 is 0 Å². The predicted octanol–water partition coefficient (Wildman–Crippen LogP) is 2.40. The maximum Gasteiger partial charge on any atom is 0.105 e. The minimum atomic E-state index is -0.451. The third-order valence-electron chi connectivity index (χ3n) is 3.79. The Morgan fingerprint density at radius 2 is 1.95 bits per heavy atom. The highest BCUT2D eigenvalue weighted by molar-refractivity contribution is 5.05. The SMILES string of the molecule is CCNC(C)(C#N)CC(C)N(CCOC)C(C)CC. The molecule has 112 valence electrons. The number of hydrogen-bond acceptors (Lipinski definition) is 4. The largest absolute Gasteiger partial charge is 0.383 e. The minimum absolute atomic E-state index is 0.355. The molecule has 0 aromatic carbocycles. The van der Waals surface area contributed by atoms with E-state index in [1.54, 1.807) is 7.11 Å². The average molecular weight is 269 g/mol. The summed E-state index contributed by atoms with van der Waals surface area (Å²) in [6.45, 7) is 13.1. The molecule has 0 aromatic rings. The van der Waals surface area contributed by atoms with Gasteiger partial charge in [-0.2, -0.15) is 5.26 Å². The van der Waals surface area contributed by atoms with Crippen LogP contribution in [0.25, 0.3) is 0 Å². The number of hydrogen-bond donors (Lipinski definition) is 1. The zero-order chi connectivity index (χ0) is 14.9. The molecule has 0 bridgehead atoms. The van der Waals surface area contributed by atoms with Crippen molar-refractivity contribution in [1.82, 2.24) is 10.2 Å². The normalized spacial score (nSPS) is 17.8. The summed E-state index contributed by atoms with van der Waals surface area (Å²) in [7, 11) is 1.73. The molecule has 0 heterocycles. The molecule has 3 unspecified atom stereocenters. The van der Waals surface area contributed by atoms with Gasteiger partial charge in [0.25, 0.3) is 0 Å². The lowest BCUT2D eigenvalue weighted by Gasteiger charge is -2.37. The van der Waals surface area contributed by atoms with Crippen molar-refractivity contribution in [2.45, 2.75) is 65.1 Å². The van der Waals surface area contributed by atoms with Crippen LogP contribution in [-0.2, 0) is 4.74 Å². The van der Waals surface area contributed by atoms with Gasteiger partial charge in [0.15, 0.2) is 0 Å². The molecule has 0 spiro atoms. The summed E-state index contributed by atoms with van der Waals surface area (Å²) in [6.07, 6.45) is 1.93. The van der Waals surface area contributed by atoms with Crippen LogP contribution in [0.2, 0.25) is 0 Å². The van der Waals surface area contributed by atoms with Gasteiger partial charge in [-0.1, -0.05) is 13.8 Å². The highest BCUT2D eigenvalue weighted by Crippen LogP contribution is 2.18. The van der Waals surface area contributed by atoms with Gasteiger partial charge in [-0.05, 0) is 40.2 Å². The molecule has 0 rings (SSSR count). The van der Waals surface area contributed by atoms with Crippen molar-refractivity contribution < 1.29 is 4.74 Å². The predicted molar refractivity (Wildman–Crippen MR) is 80.1 cm³/mol. The second-order valence-electron chi connectivity index (χ2n) is 5.52. The van der Waals surface area contributed by atoms with Crippen LogP contribution in [-0.4, -0.2) is 49.3 Å². The van der Waals surface area contributed by atoms with E-state index in [4.69, 9.17) is 4.74 Å². The number of rotatable bonds is 10. The number of ether oxygens (including phenoxy) is 1. The molecule has 0 aromatic heterocycles. The van der Waals surface area contributed by atoms with E-state index in [0.29, 0.717) is 12.1 Å². The van der Waals surface area contributed by atoms with E-state index in [9.17, 15) is 5.26 Å². The van der Waals surface area contributed by atoms with E-state index < -0.39 is 5.54 Å². The Hall–Kier alpha value is -0.630. The molecule has 0 radical (unpaired) electrons. The fourth-order valence-corrected chi connectivity index (χ4v) is 2.56. The molecular formula is C15H31N3O. The first kappa shape index (κ1) is 18.4. The third kappa shape index (κ3) is 6.38. The van der Waals surface area contributed by atoms with Crippen LogP contribution in [0.5, 0.6) is 0 Å². The molecule has 0 saturated heterocycles. The highest BCUT2D eigenvalue weighted by Gasteiger charge is 2.29. The molecule has 3 atom stereocenters. The summed E-state index contributed by atoms with van der Waals surface area (Å²) in [6, 6.07) is 3.27. The fourth-order valence-electron chi connectivity index (χ4n) is 2.56. The molecule has 0 aliphatic heterocycles. The van der Waals surface area contributed by atoms with Crippen LogP contribution in [0.4, 0.5) is 0 Å². The van der Waals surface area contributed by atoms with Crippen LogP contribution in [0.15, 0.2) is 0 Å². The monoisotopic (exact) mass is 269 g/mol. The van der Waals surface area contributed by atoms with E-state index in [-0.39, 0.29) is 0 Å². The van der Waals surface area contributed by atoms with Crippen molar-refractivity contribution in [3.8, 4) is 6.07 Å². The Morgan fingerprint density at radius 1 is 1.32 bits per heavy atom. The van der Waals surface area contributed by atoms with Crippen LogP contribution >= 0.6 is 0 Å². The number of methoxy groups -OCH3 is 1. The fraction of sp³-hybridized carbons (Fsp3) is 0.933. The molecule has 4 nitrogen and oxygen atoms in total. The van der Waals surface area contributed by atoms with Crippen molar-refractivity contribution in [2.24, 2.45) is 0 Å². The van der Waals surface area contributed by atoms with Gasteiger partial charge in [-0.25, -0.2) is 0 Å². The molecule has 0 amide bonds. The summed E-state index contributed by atoms with van der Waals surface area (Å²) < 4.78 is 5.20. The summed E-state index contributed by atoms with van der Waals surface area (Å²) in [5.74, 6) is 0. The van der Waals surface area contributed by atoms with Crippen molar-refractivity contribution >= 4 is 0 Å². The van der Waals surface area contributed by atoms with Gasteiger partial charge in [0.2, 0.25) is 0 Å². The molecule has 1 N–H and O–H groups in total. The number of nitriles is 1. The van der Waals surface area contributed by atoms with Crippen LogP contribution in [0, 0.1) is 11.3 Å². The van der Waals surface area contributed by atoms with Crippen molar-refractivity contribution in [3.05, 3.63) is 0 Å². The van der Waals surface area contributed by atoms with E-state index in [1.165, 1.54) is 0 Å². The molecule has 0 saturated carbocycles. The Labute approximate surface area is 119 Å². The Morgan fingerprint density at radius 3 is 2.37 bits per heavy atom. The molecule has 19 heavy (non-hydrogen) atoms. The summed E-state index contributed by atoms with van der Waals surface area (Å²) in [4.78, 5) is 2.44. The number of nitrogens with zero attached hydrogens (tertiary/aromatic N) is 2. The van der Waals surface area contributed by atoms with Crippen molar-refractivity contribution in [3.63, 3.8) is 0 Å². The van der Waals surface area contributed by atoms with E-state index in [0.717, 1.165) is 32.5 Å². The first-order valence-corrected chi connectivity index (χ1v) is 7.35. The van der Waals surface area contributed by atoms with Gasteiger partial charge in [0, 0.05) is 25.7 Å². The molecule has 0 aliphatic carbocycles. The van der Waals surface area contributed by atoms with Crippen LogP contribution < -0.4 is 5.32 Å². The van der Waals surface area contributed by atoms with Gasteiger partial charge in [0.1, 0.15) is 5.54 Å². The quantitative estimate of drug-likeness (QED) is 0.661. The lowest BCUT2D eigenvalue weighted by molar-refractivity contribution is 0.0829. The van der Waals surface area contributed by atoms with Crippen LogP contribution in [0.1, 0.15) is 47.5 Å². The second kappa shape index (κ2) is 9.30. The van der Waals surface area contributed by atoms with Crippen LogP contribution in [0.3, 0.4) is 0 Å². The zero-order valence-electron chi connectivity index (χ0n) is 13.5. The summed E-state index contributed by atoms with van der Waals surface area (Å²) >= 11 is 0. The maximum absolute atomic E-state index is 9.36. The van der Waals surface area contributed by atoms with E-state index >= 15 is 0 Å². The Bertz CT molecular complexity index is 277. The Kier molecular flexibility index (Phi) is 8.99. The lowest BCUT2D eigenvalue weighted by atomic mass is 9.93. The summed E-state index contributed by atoms with van der Waals surface area (Å²) in [5.41, 5.74) is -0.451. The smallest absolute Gasteiger partial charge is 0.105 e. The zero-order valence-corrected chi connectivity index (χ0v) is 13.5. The molecule has 0 fully saturated rings. The molecule has 0 aliphatic rings. The standard InChI is InChI=1S/C15H31N3O/c1-7-13(3)18(9-10-19-6)14(4)11-15(5,12-16)17-8-2/h13-14,17H,7-11H2,1-6H3. The average Bonchev–Trinajstić information content (AvgIpc) is 2.38. The number of nitrogens with one attached hydrogen (secondary N) is 1. The first-order chi connectivity index (χ1) is 8.94. The van der Waals surface area contributed by atoms with E-state index in [2.05, 4.69) is 37.1 Å². The summed E-state index contributed by atoms with van der Waals surface area (Å²) in [5, 5.41) is 12.7. The first-order valence-electron chi connectivity index (χ1n) is 7.35. The lowest BCUT2D eigenvalue weighted by Crippen LogP contribution is -2.49.